The number of hydrogen-bond donors (Lipinski definition) is 1. The maximum Gasteiger partial charge on any atom is 0.259 e. The van der Waals surface area contributed by atoms with E-state index in [9.17, 15) is 14.0 Å². The lowest BCUT2D eigenvalue weighted by atomic mass is 10.0. The van der Waals surface area contributed by atoms with Crippen LogP contribution in [0, 0.1) is 5.82 Å². The summed E-state index contributed by atoms with van der Waals surface area (Å²) >= 11 is 0. The molecule has 1 aliphatic rings. The van der Waals surface area contributed by atoms with Gasteiger partial charge in [0.05, 0.1) is 7.11 Å². The SMILES string of the molecule is COc1ccccc1CNC(=O)[C@H]1c2ccccc2C(=O)N1c1ccc(F)cc1. The predicted molar refractivity (Wildman–Crippen MR) is 107 cm³/mol. The van der Waals surface area contributed by atoms with Gasteiger partial charge >= 0.3 is 0 Å². The number of rotatable bonds is 5. The predicted octanol–water partition coefficient (Wildman–Crippen LogP) is 3.85. The number of methoxy groups -OCH3 is 1. The lowest BCUT2D eigenvalue weighted by Crippen LogP contribution is -2.39. The Labute approximate surface area is 167 Å². The van der Waals surface area contributed by atoms with E-state index in [0.29, 0.717) is 22.6 Å². The van der Waals surface area contributed by atoms with Gasteiger partial charge in [-0.1, -0.05) is 36.4 Å². The van der Waals surface area contributed by atoms with E-state index < -0.39 is 11.9 Å². The van der Waals surface area contributed by atoms with Crippen molar-refractivity contribution in [2.24, 2.45) is 0 Å². The third-order valence-electron chi connectivity index (χ3n) is 4.96. The quantitative estimate of drug-likeness (QED) is 0.720. The van der Waals surface area contributed by atoms with Gasteiger partial charge in [0.15, 0.2) is 0 Å². The highest BCUT2D eigenvalue weighted by atomic mass is 19.1. The van der Waals surface area contributed by atoms with Crippen LogP contribution in [0.3, 0.4) is 0 Å². The molecular weight excluding hydrogens is 371 g/mol. The van der Waals surface area contributed by atoms with Gasteiger partial charge < -0.3 is 10.1 Å². The minimum Gasteiger partial charge on any atom is -0.496 e. The molecule has 1 heterocycles. The van der Waals surface area contributed by atoms with Crippen LogP contribution in [0.1, 0.15) is 27.5 Å². The Kier molecular flexibility index (Phi) is 4.99. The molecule has 0 saturated heterocycles. The molecule has 0 bridgehead atoms. The Hall–Kier alpha value is -3.67. The number of carbonyl (C=O) groups is 2. The molecule has 0 aliphatic carbocycles. The Balaban J connectivity index is 1.65. The standard InChI is InChI=1S/C23H19FN2O3/c1-29-20-9-5-2-6-15(20)14-25-22(27)21-18-7-3-4-8-19(18)23(28)26(21)17-12-10-16(24)11-13-17/h2-13,21H,14H2,1H3,(H,25,27)/t21-/m1/s1. The van der Waals surface area contributed by atoms with Crippen LogP contribution in [0.4, 0.5) is 10.1 Å². The van der Waals surface area contributed by atoms with E-state index in [4.69, 9.17) is 4.74 Å². The maximum atomic E-state index is 13.4. The first-order chi connectivity index (χ1) is 14.1. The van der Waals surface area contributed by atoms with Crippen molar-refractivity contribution in [3.8, 4) is 5.75 Å². The first kappa shape index (κ1) is 18.7. The number of benzene rings is 3. The summed E-state index contributed by atoms with van der Waals surface area (Å²) in [6.07, 6.45) is 0. The fraction of sp³-hybridized carbons (Fsp3) is 0.130. The number of hydrogen-bond acceptors (Lipinski definition) is 3. The summed E-state index contributed by atoms with van der Waals surface area (Å²) in [4.78, 5) is 27.6. The molecule has 3 aromatic carbocycles. The summed E-state index contributed by atoms with van der Waals surface area (Å²) in [5, 5.41) is 2.90. The Morgan fingerprint density at radius 1 is 1.03 bits per heavy atom. The number of amides is 2. The Bertz CT molecular complexity index is 1070. The smallest absolute Gasteiger partial charge is 0.259 e. The minimum absolute atomic E-state index is 0.257. The molecule has 146 valence electrons. The van der Waals surface area contributed by atoms with Crippen LogP contribution in [0.15, 0.2) is 72.8 Å². The van der Waals surface area contributed by atoms with E-state index in [2.05, 4.69) is 5.32 Å². The molecule has 0 aromatic heterocycles. The van der Waals surface area contributed by atoms with Gasteiger partial charge in [-0.3, -0.25) is 14.5 Å². The molecule has 3 aromatic rings. The Morgan fingerprint density at radius 2 is 1.72 bits per heavy atom. The van der Waals surface area contributed by atoms with Gasteiger partial charge in [0.25, 0.3) is 5.91 Å². The molecule has 4 rings (SSSR count). The monoisotopic (exact) mass is 390 g/mol. The first-order valence-electron chi connectivity index (χ1n) is 9.18. The van der Waals surface area contributed by atoms with Gasteiger partial charge in [-0.15, -0.1) is 0 Å². The average molecular weight is 390 g/mol. The second-order valence-corrected chi connectivity index (χ2v) is 6.67. The van der Waals surface area contributed by atoms with Gasteiger partial charge in [-0.2, -0.15) is 0 Å². The van der Waals surface area contributed by atoms with E-state index in [1.165, 1.54) is 29.2 Å². The van der Waals surface area contributed by atoms with E-state index in [0.717, 1.165) is 5.56 Å². The zero-order valence-electron chi connectivity index (χ0n) is 15.8. The summed E-state index contributed by atoms with van der Waals surface area (Å²) in [6, 6.07) is 19.1. The third-order valence-corrected chi connectivity index (χ3v) is 4.96. The van der Waals surface area contributed by atoms with Crippen LogP contribution in [0.5, 0.6) is 5.75 Å². The van der Waals surface area contributed by atoms with Gasteiger partial charge in [0, 0.05) is 23.4 Å². The van der Waals surface area contributed by atoms with Crippen molar-refractivity contribution < 1.29 is 18.7 Å². The highest BCUT2D eigenvalue weighted by Gasteiger charge is 2.41. The summed E-state index contributed by atoms with van der Waals surface area (Å²) < 4.78 is 18.7. The fourth-order valence-corrected chi connectivity index (χ4v) is 3.57. The van der Waals surface area contributed by atoms with Crippen molar-refractivity contribution in [1.82, 2.24) is 5.32 Å². The van der Waals surface area contributed by atoms with Crippen LogP contribution >= 0.6 is 0 Å². The largest absolute Gasteiger partial charge is 0.496 e. The fourth-order valence-electron chi connectivity index (χ4n) is 3.57. The topological polar surface area (TPSA) is 58.6 Å². The minimum atomic E-state index is -0.834. The number of anilines is 1. The van der Waals surface area contributed by atoms with Crippen molar-refractivity contribution in [2.75, 3.05) is 12.0 Å². The lowest BCUT2D eigenvalue weighted by molar-refractivity contribution is -0.122. The second-order valence-electron chi connectivity index (χ2n) is 6.67. The normalized spacial score (nSPS) is 15.2. The van der Waals surface area contributed by atoms with Crippen molar-refractivity contribution in [3.63, 3.8) is 0 Å². The molecule has 2 amide bonds. The number of nitrogens with one attached hydrogen (secondary N) is 1. The zero-order valence-corrected chi connectivity index (χ0v) is 15.8. The highest BCUT2D eigenvalue weighted by molar-refractivity contribution is 6.15. The molecule has 0 radical (unpaired) electrons. The number of para-hydroxylation sites is 1. The van der Waals surface area contributed by atoms with Gasteiger partial charge in [0.1, 0.15) is 17.6 Å². The number of halogens is 1. The lowest BCUT2D eigenvalue weighted by Gasteiger charge is -2.25. The van der Waals surface area contributed by atoms with Crippen molar-refractivity contribution in [2.45, 2.75) is 12.6 Å². The van der Waals surface area contributed by atoms with Gasteiger partial charge in [-0.25, -0.2) is 4.39 Å². The van der Waals surface area contributed by atoms with Gasteiger partial charge in [-0.05, 0) is 42.0 Å². The van der Waals surface area contributed by atoms with E-state index in [-0.39, 0.29) is 18.4 Å². The van der Waals surface area contributed by atoms with E-state index >= 15 is 0 Å². The first-order valence-corrected chi connectivity index (χ1v) is 9.18. The number of nitrogens with zero attached hydrogens (tertiary/aromatic N) is 1. The molecular formula is C23H19FN2O3. The van der Waals surface area contributed by atoms with Crippen molar-refractivity contribution in [3.05, 3.63) is 95.3 Å². The summed E-state index contributed by atoms with van der Waals surface area (Å²) in [6.45, 7) is 0.257. The molecule has 1 aliphatic heterocycles. The zero-order chi connectivity index (χ0) is 20.4. The van der Waals surface area contributed by atoms with Crippen LogP contribution < -0.4 is 15.0 Å². The number of ether oxygens (including phenoxy) is 1. The third kappa shape index (κ3) is 3.45. The highest BCUT2D eigenvalue weighted by Crippen LogP contribution is 2.37. The van der Waals surface area contributed by atoms with Crippen LogP contribution in [-0.4, -0.2) is 18.9 Å². The molecule has 1 N–H and O–H groups in total. The maximum absolute atomic E-state index is 13.4. The van der Waals surface area contributed by atoms with Crippen LogP contribution in [-0.2, 0) is 11.3 Å². The Morgan fingerprint density at radius 3 is 2.48 bits per heavy atom. The van der Waals surface area contributed by atoms with Crippen molar-refractivity contribution >= 4 is 17.5 Å². The molecule has 5 nitrogen and oxygen atoms in total. The molecule has 0 unspecified atom stereocenters. The molecule has 1 atom stereocenters. The molecule has 0 fully saturated rings. The van der Waals surface area contributed by atoms with E-state index in [1.54, 1.807) is 31.4 Å². The van der Waals surface area contributed by atoms with Crippen molar-refractivity contribution in [1.29, 1.82) is 0 Å². The average Bonchev–Trinajstić information content (AvgIpc) is 3.05. The van der Waals surface area contributed by atoms with E-state index in [1.807, 2.05) is 24.3 Å². The molecule has 29 heavy (non-hydrogen) atoms. The molecule has 6 heteroatoms. The number of fused-ring (bicyclic) bond motifs is 1. The second kappa shape index (κ2) is 7.75. The summed E-state index contributed by atoms with van der Waals surface area (Å²) in [5.41, 5.74) is 2.38. The summed E-state index contributed by atoms with van der Waals surface area (Å²) in [5.74, 6) is -0.343. The van der Waals surface area contributed by atoms with Crippen LogP contribution in [0.25, 0.3) is 0 Å². The van der Waals surface area contributed by atoms with Gasteiger partial charge in [0.2, 0.25) is 5.91 Å². The summed E-state index contributed by atoms with van der Waals surface area (Å²) in [7, 11) is 1.57. The molecule has 0 spiro atoms. The molecule has 0 saturated carbocycles. The number of carbonyl (C=O) groups excluding carboxylic acids is 2. The van der Waals surface area contributed by atoms with Crippen LogP contribution in [0.2, 0.25) is 0 Å².